The van der Waals surface area contributed by atoms with Crippen LogP contribution in [0.4, 0.5) is 19.0 Å². The molecule has 1 heterocycles. The average molecular weight is 451 g/mol. The molecule has 31 heavy (non-hydrogen) atoms. The number of halogens is 4. The Morgan fingerprint density at radius 1 is 0.871 bits per heavy atom. The highest BCUT2D eigenvalue weighted by molar-refractivity contribution is 6.30. The minimum atomic E-state index is -4.57. The molecule has 3 rings (SSSR count). The summed E-state index contributed by atoms with van der Waals surface area (Å²) in [5, 5.41) is -0.558. The van der Waals surface area contributed by atoms with Crippen LogP contribution in [0.2, 0.25) is 5.15 Å². The van der Waals surface area contributed by atoms with E-state index in [1.807, 2.05) is 53.4 Å². The standard InChI is InChI=1S/C23H22ClF3N2O2/c1-15-12-20(28-22(24)21(15)23(25,26)27)29(13-16-4-8-18(30-2)9-5-16)14-17-6-10-19(31-3)11-7-17/h4-12H,13-14H2,1-3H3. The van der Waals surface area contributed by atoms with Crippen molar-refractivity contribution in [2.45, 2.75) is 26.2 Å². The van der Waals surface area contributed by atoms with Crippen LogP contribution in [0.3, 0.4) is 0 Å². The zero-order valence-electron chi connectivity index (χ0n) is 17.3. The predicted octanol–water partition coefficient (Wildman–Crippen LogP) is 6.29. The fourth-order valence-electron chi connectivity index (χ4n) is 3.24. The van der Waals surface area contributed by atoms with Gasteiger partial charge in [0.15, 0.2) is 0 Å². The van der Waals surface area contributed by atoms with E-state index < -0.39 is 16.9 Å². The maximum absolute atomic E-state index is 13.3. The van der Waals surface area contributed by atoms with Crippen molar-refractivity contribution in [3.63, 3.8) is 0 Å². The van der Waals surface area contributed by atoms with Crippen molar-refractivity contribution in [3.05, 3.63) is 82.0 Å². The summed E-state index contributed by atoms with van der Waals surface area (Å²) in [5.74, 6) is 1.80. The number of pyridine rings is 1. The van der Waals surface area contributed by atoms with Gasteiger partial charge in [-0.3, -0.25) is 0 Å². The molecule has 0 aliphatic rings. The van der Waals surface area contributed by atoms with Gasteiger partial charge >= 0.3 is 6.18 Å². The summed E-state index contributed by atoms with van der Waals surface area (Å²) in [7, 11) is 3.17. The van der Waals surface area contributed by atoms with E-state index >= 15 is 0 Å². The first-order chi connectivity index (χ1) is 14.7. The summed E-state index contributed by atoms with van der Waals surface area (Å²) < 4.78 is 50.3. The molecular weight excluding hydrogens is 429 g/mol. The van der Waals surface area contributed by atoms with Crippen molar-refractivity contribution in [3.8, 4) is 11.5 Å². The third-order valence-electron chi connectivity index (χ3n) is 4.83. The van der Waals surface area contributed by atoms with E-state index in [2.05, 4.69) is 4.98 Å². The van der Waals surface area contributed by atoms with Gasteiger partial charge in [0.05, 0.1) is 19.8 Å². The van der Waals surface area contributed by atoms with Crippen LogP contribution in [0.5, 0.6) is 11.5 Å². The van der Waals surface area contributed by atoms with Gasteiger partial charge in [-0.05, 0) is 53.9 Å². The molecule has 0 unspecified atom stereocenters. The van der Waals surface area contributed by atoms with Gasteiger partial charge in [0.25, 0.3) is 0 Å². The summed E-state index contributed by atoms with van der Waals surface area (Å²) in [5.41, 5.74) is 1.01. The molecular formula is C23H22ClF3N2O2. The molecule has 0 bridgehead atoms. The van der Waals surface area contributed by atoms with Crippen LogP contribution >= 0.6 is 11.6 Å². The average Bonchev–Trinajstić information content (AvgIpc) is 2.72. The number of alkyl halides is 3. The molecule has 8 heteroatoms. The Morgan fingerprint density at radius 2 is 1.32 bits per heavy atom. The third kappa shape index (κ3) is 5.61. The number of aryl methyl sites for hydroxylation is 1. The molecule has 0 radical (unpaired) electrons. The second-order valence-electron chi connectivity index (χ2n) is 7.01. The van der Waals surface area contributed by atoms with E-state index in [1.54, 1.807) is 14.2 Å². The van der Waals surface area contributed by atoms with E-state index in [1.165, 1.54) is 13.0 Å². The minimum Gasteiger partial charge on any atom is -0.497 e. The van der Waals surface area contributed by atoms with Gasteiger partial charge in [-0.2, -0.15) is 13.2 Å². The first-order valence-corrected chi connectivity index (χ1v) is 9.84. The third-order valence-corrected chi connectivity index (χ3v) is 5.10. The van der Waals surface area contributed by atoms with Crippen LogP contribution in [-0.2, 0) is 19.3 Å². The fourth-order valence-corrected chi connectivity index (χ4v) is 3.58. The van der Waals surface area contributed by atoms with E-state index in [0.29, 0.717) is 18.9 Å². The maximum Gasteiger partial charge on any atom is 0.419 e. The number of aromatic nitrogens is 1. The molecule has 0 saturated carbocycles. The molecule has 3 aromatic rings. The number of hydrogen-bond donors (Lipinski definition) is 0. The van der Waals surface area contributed by atoms with Crippen LogP contribution in [0.25, 0.3) is 0 Å². The van der Waals surface area contributed by atoms with Crippen LogP contribution in [0.1, 0.15) is 22.3 Å². The van der Waals surface area contributed by atoms with Crippen molar-refractivity contribution in [2.24, 2.45) is 0 Å². The largest absolute Gasteiger partial charge is 0.497 e. The molecule has 0 spiro atoms. The normalized spacial score (nSPS) is 11.3. The second-order valence-corrected chi connectivity index (χ2v) is 7.37. The molecule has 0 aliphatic heterocycles. The maximum atomic E-state index is 13.3. The van der Waals surface area contributed by atoms with Crippen molar-refractivity contribution in [1.29, 1.82) is 0 Å². The topological polar surface area (TPSA) is 34.6 Å². The Balaban J connectivity index is 1.97. The second kappa shape index (κ2) is 9.47. The highest BCUT2D eigenvalue weighted by Gasteiger charge is 2.36. The quantitative estimate of drug-likeness (QED) is 0.396. The molecule has 0 amide bonds. The van der Waals surface area contributed by atoms with Gasteiger partial charge in [0, 0.05) is 13.1 Å². The van der Waals surface area contributed by atoms with Gasteiger partial charge in [-0.1, -0.05) is 35.9 Å². The molecule has 164 valence electrons. The lowest BCUT2D eigenvalue weighted by Crippen LogP contribution is -2.24. The zero-order chi connectivity index (χ0) is 22.6. The van der Waals surface area contributed by atoms with Gasteiger partial charge in [-0.25, -0.2) is 4.98 Å². The molecule has 0 fully saturated rings. The number of methoxy groups -OCH3 is 2. The minimum absolute atomic E-state index is 0.0250. The van der Waals surface area contributed by atoms with Crippen molar-refractivity contribution in [1.82, 2.24) is 4.98 Å². The Bertz CT molecular complexity index is 950. The molecule has 0 aliphatic carbocycles. The van der Waals surface area contributed by atoms with E-state index in [4.69, 9.17) is 21.1 Å². The van der Waals surface area contributed by atoms with Gasteiger partial charge in [0.1, 0.15) is 22.5 Å². The Kier molecular flexibility index (Phi) is 6.95. The molecule has 0 saturated heterocycles. The fraction of sp³-hybridized carbons (Fsp3) is 0.261. The lowest BCUT2D eigenvalue weighted by molar-refractivity contribution is -0.138. The summed E-state index contributed by atoms with van der Waals surface area (Å²) in [6.45, 7) is 2.23. The number of benzene rings is 2. The van der Waals surface area contributed by atoms with E-state index in [0.717, 1.165) is 22.6 Å². The highest BCUT2D eigenvalue weighted by atomic mass is 35.5. The Morgan fingerprint density at radius 3 is 1.68 bits per heavy atom. The summed E-state index contributed by atoms with van der Waals surface area (Å²) in [6, 6.07) is 16.4. The van der Waals surface area contributed by atoms with Gasteiger partial charge in [-0.15, -0.1) is 0 Å². The first-order valence-electron chi connectivity index (χ1n) is 9.46. The summed E-state index contributed by atoms with van der Waals surface area (Å²) >= 11 is 5.96. The van der Waals surface area contributed by atoms with Crippen LogP contribution in [0, 0.1) is 6.92 Å². The number of anilines is 1. The Hall–Kier alpha value is -2.93. The monoisotopic (exact) mass is 450 g/mol. The lowest BCUT2D eigenvalue weighted by atomic mass is 10.1. The molecule has 0 atom stereocenters. The summed E-state index contributed by atoms with van der Waals surface area (Å²) in [6.07, 6.45) is -4.57. The molecule has 2 aromatic carbocycles. The lowest BCUT2D eigenvalue weighted by Gasteiger charge is -2.26. The summed E-state index contributed by atoms with van der Waals surface area (Å²) in [4.78, 5) is 5.96. The van der Waals surface area contributed by atoms with Crippen molar-refractivity contribution >= 4 is 17.4 Å². The van der Waals surface area contributed by atoms with Crippen LogP contribution in [0.15, 0.2) is 54.6 Å². The highest BCUT2D eigenvalue weighted by Crippen LogP contribution is 2.38. The predicted molar refractivity (Wildman–Crippen MR) is 115 cm³/mol. The van der Waals surface area contributed by atoms with E-state index in [-0.39, 0.29) is 5.56 Å². The van der Waals surface area contributed by atoms with E-state index in [9.17, 15) is 13.2 Å². The Labute approximate surface area is 184 Å². The number of rotatable bonds is 7. The van der Waals surface area contributed by atoms with Crippen LogP contribution < -0.4 is 14.4 Å². The smallest absolute Gasteiger partial charge is 0.419 e. The van der Waals surface area contributed by atoms with Crippen LogP contribution in [-0.4, -0.2) is 19.2 Å². The van der Waals surface area contributed by atoms with Crippen molar-refractivity contribution < 1.29 is 22.6 Å². The van der Waals surface area contributed by atoms with Gasteiger partial charge < -0.3 is 14.4 Å². The molecule has 1 aromatic heterocycles. The van der Waals surface area contributed by atoms with Crippen molar-refractivity contribution in [2.75, 3.05) is 19.1 Å². The number of nitrogens with zero attached hydrogens (tertiary/aromatic N) is 2. The first kappa shape index (κ1) is 22.7. The molecule has 0 N–H and O–H groups in total. The molecule has 4 nitrogen and oxygen atoms in total. The zero-order valence-corrected chi connectivity index (χ0v) is 18.1. The number of ether oxygens (including phenoxy) is 2. The SMILES string of the molecule is COc1ccc(CN(Cc2ccc(OC)cc2)c2cc(C)c(C(F)(F)F)c(Cl)n2)cc1. The van der Waals surface area contributed by atoms with Gasteiger partial charge in [0.2, 0.25) is 0 Å². The number of hydrogen-bond acceptors (Lipinski definition) is 4.